The number of carboxylic acid groups (broad SMARTS) is 1. The predicted molar refractivity (Wildman–Crippen MR) is 170 cm³/mol. The van der Waals surface area contributed by atoms with E-state index >= 15 is 0 Å². The van der Waals surface area contributed by atoms with Gasteiger partial charge >= 0.3 is 5.97 Å². The standard InChI is InChI=1S/C36H55NO4/c1-12-21-36(41,33(7,8)9)22-20-27-16-17-28(23-25(27)5)35(14-3,15-4)29-18-19-30(26(6)24-29)31(38)37(11)34(10,13-2)32(39)40/h16-19,23-24,41H,12-15,20-22H2,1-11H3,(H,39,40). The highest BCUT2D eigenvalue weighted by atomic mass is 16.4. The Morgan fingerprint density at radius 1 is 0.805 bits per heavy atom. The second-order valence-electron chi connectivity index (χ2n) is 13.3. The fourth-order valence-electron chi connectivity index (χ4n) is 6.28. The number of aryl methyl sites for hydroxylation is 3. The molecular weight excluding hydrogens is 510 g/mol. The van der Waals surface area contributed by atoms with Crippen molar-refractivity contribution in [2.24, 2.45) is 5.41 Å². The largest absolute Gasteiger partial charge is 0.480 e. The van der Waals surface area contributed by atoms with E-state index < -0.39 is 17.1 Å². The van der Waals surface area contributed by atoms with Crippen LogP contribution < -0.4 is 0 Å². The van der Waals surface area contributed by atoms with Crippen molar-refractivity contribution in [3.8, 4) is 0 Å². The second-order valence-corrected chi connectivity index (χ2v) is 13.3. The van der Waals surface area contributed by atoms with E-state index in [1.54, 1.807) is 20.9 Å². The highest BCUT2D eigenvalue weighted by molar-refractivity contribution is 5.98. The smallest absolute Gasteiger partial charge is 0.329 e. The lowest BCUT2D eigenvalue weighted by Crippen LogP contribution is -2.52. The van der Waals surface area contributed by atoms with Crippen LogP contribution in [0.25, 0.3) is 0 Å². The van der Waals surface area contributed by atoms with Crippen molar-refractivity contribution in [1.82, 2.24) is 4.90 Å². The molecule has 2 N–H and O–H groups in total. The maximum absolute atomic E-state index is 13.4. The van der Waals surface area contributed by atoms with Crippen LogP contribution in [0.1, 0.15) is 132 Å². The maximum atomic E-state index is 13.4. The minimum Gasteiger partial charge on any atom is -0.480 e. The summed E-state index contributed by atoms with van der Waals surface area (Å²) in [5.41, 5.74) is 3.93. The van der Waals surface area contributed by atoms with Gasteiger partial charge in [0.05, 0.1) is 5.60 Å². The molecule has 0 heterocycles. The molecule has 2 aromatic rings. The number of aliphatic carboxylic acids is 1. The van der Waals surface area contributed by atoms with Crippen LogP contribution in [0.15, 0.2) is 36.4 Å². The number of carboxylic acids is 1. The second kappa shape index (κ2) is 13.1. The van der Waals surface area contributed by atoms with Crippen LogP contribution in [0, 0.1) is 19.3 Å². The summed E-state index contributed by atoms with van der Waals surface area (Å²) in [7, 11) is 1.57. The first-order chi connectivity index (χ1) is 19.0. The third-order valence-electron chi connectivity index (χ3n) is 10.2. The van der Waals surface area contributed by atoms with Crippen LogP contribution in [-0.2, 0) is 16.6 Å². The van der Waals surface area contributed by atoms with Gasteiger partial charge in [-0.05, 0) is 98.6 Å². The van der Waals surface area contributed by atoms with Crippen molar-refractivity contribution in [3.63, 3.8) is 0 Å². The van der Waals surface area contributed by atoms with Gasteiger partial charge in [0.2, 0.25) is 0 Å². The van der Waals surface area contributed by atoms with Gasteiger partial charge in [-0.1, -0.05) is 85.2 Å². The molecule has 228 valence electrons. The molecule has 5 nitrogen and oxygen atoms in total. The Balaban J connectivity index is 2.45. The third kappa shape index (κ3) is 6.71. The first kappa shape index (κ1) is 34.5. The minimum absolute atomic E-state index is 0.181. The monoisotopic (exact) mass is 565 g/mol. The van der Waals surface area contributed by atoms with Crippen LogP contribution in [0.5, 0.6) is 0 Å². The molecule has 2 aromatic carbocycles. The maximum Gasteiger partial charge on any atom is 0.329 e. The lowest BCUT2D eigenvalue weighted by atomic mass is 9.69. The minimum atomic E-state index is -1.27. The van der Waals surface area contributed by atoms with Gasteiger partial charge in [-0.25, -0.2) is 4.79 Å². The van der Waals surface area contributed by atoms with Crippen molar-refractivity contribution >= 4 is 11.9 Å². The lowest BCUT2D eigenvalue weighted by molar-refractivity contribution is -0.148. The SMILES string of the molecule is CCCC(O)(CCc1ccc(C(CC)(CC)c2ccc(C(=O)N(C)C(C)(CC)C(=O)O)c(C)c2)cc1C)C(C)(C)C. The number of carbonyl (C=O) groups excluding carboxylic acids is 1. The zero-order valence-corrected chi connectivity index (χ0v) is 27.6. The molecule has 0 saturated heterocycles. The highest BCUT2D eigenvalue weighted by Gasteiger charge is 2.40. The van der Waals surface area contributed by atoms with Crippen molar-refractivity contribution in [2.75, 3.05) is 7.05 Å². The Bertz CT molecular complexity index is 1220. The topological polar surface area (TPSA) is 77.8 Å². The van der Waals surface area contributed by atoms with Crippen LogP contribution in [0.4, 0.5) is 0 Å². The molecular formula is C36H55NO4. The van der Waals surface area contributed by atoms with Crippen molar-refractivity contribution < 1.29 is 19.8 Å². The average Bonchev–Trinajstić information content (AvgIpc) is 2.91. The molecule has 41 heavy (non-hydrogen) atoms. The van der Waals surface area contributed by atoms with Crippen molar-refractivity contribution in [2.45, 2.75) is 131 Å². The predicted octanol–water partition coefficient (Wildman–Crippen LogP) is 8.24. The molecule has 0 bridgehead atoms. The molecule has 0 fully saturated rings. The Labute approximate surface area is 249 Å². The van der Waals surface area contributed by atoms with Crippen LogP contribution in [0.2, 0.25) is 0 Å². The fraction of sp³-hybridized carbons (Fsp3) is 0.611. The Morgan fingerprint density at radius 2 is 1.34 bits per heavy atom. The Hall–Kier alpha value is -2.66. The van der Waals surface area contributed by atoms with Gasteiger partial charge < -0.3 is 15.1 Å². The Kier molecular flexibility index (Phi) is 11.0. The number of benzene rings is 2. The van der Waals surface area contributed by atoms with Gasteiger partial charge in [0.15, 0.2) is 0 Å². The molecule has 5 heteroatoms. The molecule has 2 atom stereocenters. The molecule has 2 rings (SSSR count). The molecule has 0 radical (unpaired) electrons. The van der Waals surface area contributed by atoms with E-state index in [2.05, 4.69) is 72.7 Å². The van der Waals surface area contributed by atoms with E-state index in [1.165, 1.54) is 21.6 Å². The fourth-order valence-corrected chi connectivity index (χ4v) is 6.28. The van der Waals surface area contributed by atoms with Gasteiger partial charge in [-0.2, -0.15) is 0 Å². The number of likely N-dealkylation sites (N-methyl/N-ethyl adjacent to an activating group) is 1. The van der Waals surface area contributed by atoms with E-state index in [9.17, 15) is 19.8 Å². The molecule has 2 unspecified atom stereocenters. The van der Waals surface area contributed by atoms with E-state index in [0.29, 0.717) is 12.0 Å². The number of hydrogen-bond acceptors (Lipinski definition) is 3. The van der Waals surface area contributed by atoms with E-state index in [1.807, 2.05) is 19.1 Å². The first-order valence-corrected chi connectivity index (χ1v) is 15.4. The molecule has 0 aliphatic carbocycles. The summed E-state index contributed by atoms with van der Waals surface area (Å²) in [6, 6.07) is 12.8. The van der Waals surface area contributed by atoms with E-state index in [-0.39, 0.29) is 16.7 Å². The first-order valence-electron chi connectivity index (χ1n) is 15.4. The summed E-state index contributed by atoms with van der Waals surface area (Å²) in [6.45, 7) is 20.4. The summed E-state index contributed by atoms with van der Waals surface area (Å²) in [5, 5.41) is 21.2. The van der Waals surface area contributed by atoms with Crippen molar-refractivity contribution in [1.29, 1.82) is 0 Å². The third-order valence-corrected chi connectivity index (χ3v) is 10.2. The van der Waals surface area contributed by atoms with Crippen LogP contribution in [-0.4, -0.2) is 45.2 Å². The molecule has 0 aliphatic rings. The number of nitrogens with zero attached hydrogens (tertiary/aromatic N) is 1. The van der Waals surface area contributed by atoms with Crippen LogP contribution >= 0.6 is 0 Å². The quantitative estimate of drug-likeness (QED) is 0.256. The summed E-state index contributed by atoms with van der Waals surface area (Å²) in [6.07, 6.45) is 5.45. The number of aliphatic hydroxyl groups is 1. The number of carbonyl (C=O) groups is 2. The Morgan fingerprint density at radius 3 is 1.76 bits per heavy atom. The number of amides is 1. The molecule has 0 aromatic heterocycles. The summed E-state index contributed by atoms with van der Waals surface area (Å²) in [4.78, 5) is 26.7. The summed E-state index contributed by atoms with van der Waals surface area (Å²) < 4.78 is 0. The van der Waals surface area contributed by atoms with Crippen molar-refractivity contribution in [3.05, 3.63) is 69.8 Å². The highest BCUT2D eigenvalue weighted by Crippen LogP contribution is 2.42. The zero-order valence-electron chi connectivity index (χ0n) is 27.6. The van der Waals surface area contributed by atoms with Gasteiger partial charge in [0.1, 0.15) is 5.54 Å². The molecule has 1 amide bonds. The van der Waals surface area contributed by atoms with E-state index in [4.69, 9.17) is 0 Å². The van der Waals surface area contributed by atoms with Crippen LogP contribution in [0.3, 0.4) is 0 Å². The number of hydrogen-bond donors (Lipinski definition) is 2. The zero-order chi connectivity index (χ0) is 31.4. The molecule has 0 spiro atoms. The van der Waals surface area contributed by atoms with Gasteiger partial charge in [0, 0.05) is 18.0 Å². The summed E-state index contributed by atoms with van der Waals surface area (Å²) >= 11 is 0. The lowest BCUT2D eigenvalue weighted by Gasteiger charge is -2.41. The normalized spacial score (nSPS) is 15.2. The van der Waals surface area contributed by atoms with Gasteiger partial charge in [-0.15, -0.1) is 0 Å². The van der Waals surface area contributed by atoms with E-state index in [0.717, 1.165) is 49.7 Å². The molecule has 0 aliphatic heterocycles. The number of rotatable bonds is 13. The molecule has 0 saturated carbocycles. The van der Waals surface area contributed by atoms with Gasteiger partial charge in [-0.3, -0.25) is 4.79 Å². The summed E-state index contributed by atoms with van der Waals surface area (Å²) in [5.74, 6) is -1.29. The average molecular weight is 566 g/mol. The van der Waals surface area contributed by atoms with Gasteiger partial charge in [0.25, 0.3) is 5.91 Å².